The summed E-state index contributed by atoms with van der Waals surface area (Å²) in [6.07, 6.45) is 5.82. The highest BCUT2D eigenvalue weighted by molar-refractivity contribution is 5.95. The van der Waals surface area contributed by atoms with Gasteiger partial charge in [-0.25, -0.2) is 0 Å². The summed E-state index contributed by atoms with van der Waals surface area (Å²) in [6.45, 7) is 3.20. The third-order valence-corrected chi connectivity index (χ3v) is 4.87. The highest BCUT2D eigenvalue weighted by Crippen LogP contribution is 2.22. The molecule has 4 nitrogen and oxygen atoms in total. The standard InChI is InChI=1S/C24H27N3O/c1-3-4-18-27(2)22-12-10-21(11-13-22)24(28)26-23(19-8-6-5-7-9-19)20-14-16-25-17-15-20/h5-17,23H,3-4,18H2,1-2H3,(H,26,28). The van der Waals surface area contributed by atoms with E-state index in [1.807, 2.05) is 66.7 Å². The summed E-state index contributed by atoms with van der Waals surface area (Å²) >= 11 is 0. The lowest BCUT2D eigenvalue weighted by molar-refractivity contribution is 0.0943. The largest absolute Gasteiger partial charge is 0.375 e. The topological polar surface area (TPSA) is 45.2 Å². The maximum Gasteiger partial charge on any atom is 0.252 e. The molecule has 0 radical (unpaired) electrons. The van der Waals surface area contributed by atoms with Crippen molar-refractivity contribution in [1.82, 2.24) is 10.3 Å². The van der Waals surface area contributed by atoms with Crippen molar-refractivity contribution in [3.05, 3.63) is 95.8 Å². The Bertz CT molecular complexity index is 824. The first-order valence-corrected chi connectivity index (χ1v) is 9.76. The minimum atomic E-state index is -0.219. The van der Waals surface area contributed by atoms with Crippen LogP contribution in [0.3, 0.4) is 0 Å². The van der Waals surface area contributed by atoms with Crippen LogP contribution in [-0.2, 0) is 0 Å². The van der Waals surface area contributed by atoms with Crippen molar-refractivity contribution >= 4 is 11.6 Å². The van der Waals surface area contributed by atoms with E-state index in [-0.39, 0.29) is 11.9 Å². The molecule has 1 N–H and O–H groups in total. The Morgan fingerprint density at radius 3 is 2.25 bits per heavy atom. The lowest BCUT2D eigenvalue weighted by Gasteiger charge is -2.21. The molecular formula is C24H27N3O. The first-order chi connectivity index (χ1) is 13.7. The van der Waals surface area contributed by atoms with Crippen LogP contribution in [0.1, 0.15) is 47.3 Å². The molecule has 144 valence electrons. The van der Waals surface area contributed by atoms with E-state index in [4.69, 9.17) is 0 Å². The Labute approximate surface area is 167 Å². The number of nitrogens with one attached hydrogen (secondary N) is 1. The molecule has 0 fully saturated rings. The van der Waals surface area contributed by atoms with Gasteiger partial charge in [0.05, 0.1) is 6.04 Å². The number of pyridine rings is 1. The summed E-state index contributed by atoms with van der Waals surface area (Å²) in [4.78, 5) is 19.2. The fourth-order valence-electron chi connectivity index (χ4n) is 3.17. The van der Waals surface area contributed by atoms with Crippen molar-refractivity contribution in [2.24, 2.45) is 0 Å². The molecule has 1 amide bonds. The summed E-state index contributed by atoms with van der Waals surface area (Å²) in [5.74, 6) is -0.0894. The third-order valence-electron chi connectivity index (χ3n) is 4.87. The minimum Gasteiger partial charge on any atom is -0.375 e. The Morgan fingerprint density at radius 1 is 0.964 bits per heavy atom. The number of amides is 1. The number of nitrogens with zero attached hydrogens (tertiary/aromatic N) is 2. The Balaban J connectivity index is 1.77. The zero-order valence-corrected chi connectivity index (χ0v) is 16.5. The van der Waals surface area contributed by atoms with Crippen molar-refractivity contribution in [3.8, 4) is 0 Å². The smallest absolute Gasteiger partial charge is 0.252 e. The molecule has 1 aromatic heterocycles. The van der Waals surface area contributed by atoms with E-state index in [1.54, 1.807) is 12.4 Å². The van der Waals surface area contributed by atoms with Crippen molar-refractivity contribution in [1.29, 1.82) is 0 Å². The highest BCUT2D eigenvalue weighted by Gasteiger charge is 2.17. The van der Waals surface area contributed by atoms with Crippen LogP contribution in [0.5, 0.6) is 0 Å². The summed E-state index contributed by atoms with van der Waals surface area (Å²) in [5, 5.41) is 3.17. The zero-order valence-electron chi connectivity index (χ0n) is 16.5. The van der Waals surface area contributed by atoms with Crippen LogP contribution in [0.25, 0.3) is 0 Å². The first kappa shape index (κ1) is 19.6. The van der Waals surface area contributed by atoms with Gasteiger partial charge in [-0.1, -0.05) is 43.7 Å². The number of rotatable bonds is 8. The number of carbonyl (C=O) groups excluding carboxylic acids is 1. The first-order valence-electron chi connectivity index (χ1n) is 9.76. The van der Waals surface area contributed by atoms with Crippen LogP contribution in [0, 0.1) is 0 Å². The fourth-order valence-corrected chi connectivity index (χ4v) is 3.17. The monoisotopic (exact) mass is 373 g/mol. The highest BCUT2D eigenvalue weighted by atomic mass is 16.1. The number of unbranched alkanes of at least 4 members (excludes halogenated alkanes) is 1. The predicted molar refractivity (Wildman–Crippen MR) is 115 cm³/mol. The summed E-state index contributed by atoms with van der Waals surface area (Å²) in [6, 6.07) is 21.4. The molecule has 2 aromatic carbocycles. The predicted octanol–water partition coefficient (Wildman–Crippen LogP) is 4.84. The zero-order chi connectivity index (χ0) is 19.8. The van der Waals surface area contributed by atoms with Gasteiger partial charge in [-0.2, -0.15) is 0 Å². The van der Waals surface area contributed by atoms with E-state index in [9.17, 15) is 4.79 Å². The molecule has 0 saturated carbocycles. The molecule has 0 aliphatic carbocycles. The van der Waals surface area contributed by atoms with Gasteiger partial charge in [0, 0.05) is 37.2 Å². The van der Waals surface area contributed by atoms with Crippen LogP contribution in [-0.4, -0.2) is 24.5 Å². The lowest BCUT2D eigenvalue weighted by Crippen LogP contribution is -2.29. The number of carbonyl (C=O) groups is 1. The van der Waals surface area contributed by atoms with Gasteiger partial charge < -0.3 is 10.2 Å². The Hall–Kier alpha value is -3.14. The molecule has 3 rings (SSSR count). The number of aromatic nitrogens is 1. The third kappa shape index (κ3) is 4.97. The fraction of sp³-hybridized carbons (Fsp3) is 0.250. The Morgan fingerprint density at radius 2 is 1.61 bits per heavy atom. The average molecular weight is 374 g/mol. The average Bonchev–Trinajstić information content (AvgIpc) is 2.77. The summed E-state index contributed by atoms with van der Waals surface area (Å²) in [7, 11) is 2.08. The lowest BCUT2D eigenvalue weighted by atomic mass is 9.99. The van der Waals surface area contributed by atoms with Gasteiger partial charge in [0.1, 0.15) is 0 Å². The number of anilines is 1. The van der Waals surface area contributed by atoms with E-state index in [0.717, 1.165) is 29.8 Å². The van der Waals surface area contributed by atoms with Gasteiger partial charge in [-0.3, -0.25) is 9.78 Å². The minimum absolute atomic E-state index is 0.0894. The molecule has 0 saturated heterocycles. The van der Waals surface area contributed by atoms with Crippen molar-refractivity contribution in [3.63, 3.8) is 0 Å². The van der Waals surface area contributed by atoms with Crippen LogP contribution in [0.4, 0.5) is 5.69 Å². The van der Waals surface area contributed by atoms with Gasteiger partial charge in [0.25, 0.3) is 5.91 Å². The molecule has 0 aliphatic heterocycles. The van der Waals surface area contributed by atoms with Gasteiger partial charge >= 0.3 is 0 Å². The van der Waals surface area contributed by atoms with E-state index < -0.39 is 0 Å². The van der Waals surface area contributed by atoms with Gasteiger partial charge in [0.15, 0.2) is 0 Å². The molecule has 3 aromatic rings. The molecule has 4 heteroatoms. The van der Waals surface area contributed by atoms with Gasteiger partial charge in [0.2, 0.25) is 0 Å². The number of hydrogen-bond acceptors (Lipinski definition) is 3. The molecule has 1 heterocycles. The van der Waals surface area contributed by atoms with Crippen LogP contribution in [0.2, 0.25) is 0 Å². The van der Waals surface area contributed by atoms with Gasteiger partial charge in [-0.05, 0) is 53.9 Å². The molecular weight excluding hydrogens is 346 g/mol. The summed E-state index contributed by atoms with van der Waals surface area (Å²) in [5.41, 5.74) is 3.82. The van der Waals surface area contributed by atoms with Crippen molar-refractivity contribution in [2.45, 2.75) is 25.8 Å². The summed E-state index contributed by atoms with van der Waals surface area (Å²) < 4.78 is 0. The second kappa shape index (κ2) is 9.70. The number of hydrogen-bond donors (Lipinski definition) is 1. The van der Waals surface area contributed by atoms with Crippen molar-refractivity contribution < 1.29 is 4.79 Å². The maximum atomic E-state index is 12.9. The molecule has 0 spiro atoms. The van der Waals surface area contributed by atoms with Crippen LogP contribution in [0.15, 0.2) is 79.1 Å². The van der Waals surface area contributed by atoms with E-state index in [0.29, 0.717) is 5.56 Å². The van der Waals surface area contributed by atoms with E-state index >= 15 is 0 Å². The molecule has 0 bridgehead atoms. The van der Waals surface area contributed by atoms with E-state index in [1.165, 1.54) is 6.42 Å². The van der Waals surface area contributed by atoms with Crippen LogP contribution >= 0.6 is 0 Å². The SMILES string of the molecule is CCCCN(C)c1ccc(C(=O)NC(c2ccccc2)c2ccncc2)cc1. The Kier molecular flexibility index (Phi) is 6.79. The molecule has 1 atom stereocenters. The molecule has 0 aliphatic rings. The second-order valence-electron chi connectivity index (χ2n) is 6.92. The second-order valence-corrected chi connectivity index (χ2v) is 6.92. The van der Waals surface area contributed by atoms with Crippen LogP contribution < -0.4 is 10.2 Å². The normalized spacial score (nSPS) is 11.6. The quantitative estimate of drug-likeness (QED) is 0.615. The van der Waals surface area contributed by atoms with Gasteiger partial charge in [-0.15, -0.1) is 0 Å². The molecule has 28 heavy (non-hydrogen) atoms. The molecule has 1 unspecified atom stereocenters. The van der Waals surface area contributed by atoms with E-state index in [2.05, 4.69) is 29.2 Å². The van der Waals surface area contributed by atoms with Crippen molar-refractivity contribution in [2.75, 3.05) is 18.5 Å². The maximum absolute atomic E-state index is 12.9. The number of benzene rings is 2.